The highest BCUT2D eigenvalue weighted by Gasteiger charge is 2.06. The van der Waals surface area contributed by atoms with E-state index in [4.69, 9.17) is 4.74 Å². The van der Waals surface area contributed by atoms with Gasteiger partial charge in [-0.2, -0.15) is 0 Å². The van der Waals surface area contributed by atoms with Crippen molar-refractivity contribution in [1.29, 1.82) is 0 Å². The van der Waals surface area contributed by atoms with Gasteiger partial charge < -0.3 is 9.47 Å². The number of esters is 1. The number of aromatic nitrogens is 1. The molecule has 3 aromatic rings. The lowest BCUT2D eigenvalue weighted by Gasteiger charge is -2.10. The van der Waals surface area contributed by atoms with Crippen molar-refractivity contribution in [3.8, 4) is 5.75 Å². The van der Waals surface area contributed by atoms with Gasteiger partial charge in [-0.05, 0) is 36.8 Å². The third-order valence-electron chi connectivity index (χ3n) is 4.18. The molecule has 0 N–H and O–H groups in total. The first-order chi connectivity index (χ1) is 15.2. The molecule has 0 unspecified atom stereocenters. The molecule has 1 aromatic heterocycles. The number of aryl methyl sites for hydroxylation is 1. The zero-order valence-corrected chi connectivity index (χ0v) is 19.9. The molecule has 1 fully saturated rings. The molecule has 1 heterocycles. The number of rotatable bonds is 5. The van der Waals surface area contributed by atoms with Crippen molar-refractivity contribution in [2.45, 2.75) is 66.9 Å². The molecule has 0 bridgehead atoms. The van der Waals surface area contributed by atoms with Crippen LogP contribution in [-0.4, -0.2) is 18.1 Å². The molecule has 0 spiro atoms. The second-order valence-corrected chi connectivity index (χ2v) is 6.69. The van der Waals surface area contributed by atoms with Gasteiger partial charge in [-0.3, -0.25) is 9.78 Å². The number of fused-ring (bicyclic) bond motifs is 1. The summed E-state index contributed by atoms with van der Waals surface area (Å²) < 4.78 is 10.6. The van der Waals surface area contributed by atoms with Gasteiger partial charge in [0.25, 0.3) is 0 Å². The molecular weight excluding hydrogens is 386 g/mol. The topological polar surface area (TPSA) is 48.4 Å². The van der Waals surface area contributed by atoms with Crippen LogP contribution in [0.4, 0.5) is 0 Å². The largest absolute Gasteiger partial charge is 0.489 e. The Balaban J connectivity index is 0.000000603. The molecule has 1 aliphatic rings. The second kappa shape index (κ2) is 15.0. The SMILES string of the molecule is C1CC1.CC.CC.COC(=O)Cc1ccc(OCc2cc(C)nc3ccccc23)cc1. The van der Waals surface area contributed by atoms with Gasteiger partial charge in [-0.25, -0.2) is 0 Å². The highest BCUT2D eigenvalue weighted by Crippen LogP contribution is 2.21. The van der Waals surface area contributed by atoms with E-state index in [1.165, 1.54) is 26.4 Å². The highest BCUT2D eigenvalue weighted by atomic mass is 16.5. The van der Waals surface area contributed by atoms with Gasteiger partial charge in [0.2, 0.25) is 0 Å². The van der Waals surface area contributed by atoms with Gasteiger partial charge in [0, 0.05) is 16.6 Å². The zero-order chi connectivity index (χ0) is 23.1. The van der Waals surface area contributed by atoms with E-state index in [9.17, 15) is 4.79 Å². The van der Waals surface area contributed by atoms with Crippen LogP contribution in [-0.2, 0) is 22.6 Å². The van der Waals surface area contributed by atoms with E-state index in [1.807, 2.05) is 83.1 Å². The standard InChI is InChI=1S/C20H19NO3.C3H6.2C2H6/c1-14-11-16(18-5-3-4-6-19(18)21-14)13-24-17-9-7-15(8-10-17)12-20(22)23-2;1-2-3-1;2*1-2/h3-11H,12-13H2,1-2H3;1-3H2;2*1-2H3. The molecule has 168 valence electrons. The maximum Gasteiger partial charge on any atom is 0.309 e. The minimum absolute atomic E-state index is 0.248. The van der Waals surface area contributed by atoms with Gasteiger partial charge in [0.05, 0.1) is 19.0 Å². The maximum atomic E-state index is 11.3. The van der Waals surface area contributed by atoms with Crippen LogP contribution in [0.25, 0.3) is 10.9 Å². The van der Waals surface area contributed by atoms with Crippen molar-refractivity contribution >= 4 is 16.9 Å². The van der Waals surface area contributed by atoms with Crippen molar-refractivity contribution in [1.82, 2.24) is 4.98 Å². The van der Waals surface area contributed by atoms with Crippen LogP contribution < -0.4 is 4.74 Å². The summed E-state index contributed by atoms with van der Waals surface area (Å²) in [5.74, 6) is 0.518. The quantitative estimate of drug-likeness (QED) is 0.412. The van der Waals surface area contributed by atoms with Crippen molar-refractivity contribution in [3.05, 3.63) is 71.4 Å². The summed E-state index contributed by atoms with van der Waals surface area (Å²) >= 11 is 0. The summed E-state index contributed by atoms with van der Waals surface area (Å²) in [7, 11) is 1.39. The van der Waals surface area contributed by atoms with Gasteiger partial charge in [0.1, 0.15) is 12.4 Å². The zero-order valence-electron chi connectivity index (χ0n) is 19.9. The minimum Gasteiger partial charge on any atom is -0.489 e. The molecule has 0 atom stereocenters. The first-order valence-corrected chi connectivity index (χ1v) is 11.3. The van der Waals surface area contributed by atoms with Crippen LogP contribution in [0.5, 0.6) is 5.75 Å². The number of nitrogens with zero attached hydrogens (tertiary/aromatic N) is 1. The predicted molar refractivity (Wildman–Crippen MR) is 130 cm³/mol. The van der Waals surface area contributed by atoms with Crippen LogP contribution in [0.2, 0.25) is 0 Å². The summed E-state index contributed by atoms with van der Waals surface area (Å²) in [6.45, 7) is 10.5. The second-order valence-electron chi connectivity index (χ2n) is 6.69. The van der Waals surface area contributed by atoms with Gasteiger partial charge in [-0.15, -0.1) is 0 Å². The Bertz CT molecular complexity index is 899. The fraction of sp³-hybridized carbons (Fsp3) is 0.407. The number of ether oxygens (including phenoxy) is 2. The maximum absolute atomic E-state index is 11.3. The van der Waals surface area contributed by atoms with Gasteiger partial charge in [0.15, 0.2) is 0 Å². The molecule has 4 rings (SSSR count). The van der Waals surface area contributed by atoms with E-state index in [0.717, 1.165) is 33.5 Å². The van der Waals surface area contributed by atoms with E-state index < -0.39 is 0 Å². The van der Waals surface area contributed by atoms with Crippen LogP contribution in [0.3, 0.4) is 0 Å². The lowest BCUT2D eigenvalue weighted by molar-refractivity contribution is -0.139. The van der Waals surface area contributed by atoms with Crippen LogP contribution in [0.1, 0.15) is 63.8 Å². The number of methoxy groups -OCH3 is 1. The number of para-hydroxylation sites is 1. The predicted octanol–water partition coefficient (Wildman–Crippen LogP) is 7.06. The molecule has 0 saturated heterocycles. The summed E-state index contributed by atoms with van der Waals surface area (Å²) in [5.41, 5.74) is 3.96. The average molecular weight is 424 g/mol. The van der Waals surface area contributed by atoms with Crippen LogP contribution >= 0.6 is 0 Å². The number of benzene rings is 2. The Hall–Kier alpha value is -2.88. The number of hydrogen-bond acceptors (Lipinski definition) is 4. The van der Waals surface area contributed by atoms with Gasteiger partial charge in [-0.1, -0.05) is 77.3 Å². The fourth-order valence-corrected chi connectivity index (χ4v) is 2.62. The van der Waals surface area contributed by atoms with Crippen LogP contribution in [0.15, 0.2) is 54.6 Å². The van der Waals surface area contributed by atoms with E-state index in [1.54, 1.807) is 0 Å². The van der Waals surface area contributed by atoms with Crippen molar-refractivity contribution in [3.63, 3.8) is 0 Å². The summed E-state index contributed by atoms with van der Waals surface area (Å²) in [6.07, 6.45) is 4.77. The molecule has 0 radical (unpaired) electrons. The fourth-order valence-electron chi connectivity index (χ4n) is 2.62. The van der Waals surface area contributed by atoms with Crippen molar-refractivity contribution in [2.24, 2.45) is 0 Å². The molecule has 0 aliphatic heterocycles. The number of hydrogen-bond donors (Lipinski definition) is 0. The van der Waals surface area contributed by atoms with Crippen LogP contribution in [0, 0.1) is 6.92 Å². The Morgan fingerprint density at radius 3 is 2.13 bits per heavy atom. The number of pyridine rings is 1. The van der Waals surface area contributed by atoms with E-state index in [2.05, 4.69) is 15.8 Å². The van der Waals surface area contributed by atoms with E-state index >= 15 is 0 Å². The van der Waals surface area contributed by atoms with Crippen molar-refractivity contribution in [2.75, 3.05) is 7.11 Å². The smallest absolute Gasteiger partial charge is 0.309 e. The van der Waals surface area contributed by atoms with Crippen molar-refractivity contribution < 1.29 is 14.3 Å². The summed E-state index contributed by atoms with van der Waals surface area (Å²) in [6, 6.07) is 17.6. The summed E-state index contributed by atoms with van der Waals surface area (Å²) in [4.78, 5) is 15.8. The number of carbonyl (C=O) groups is 1. The third-order valence-corrected chi connectivity index (χ3v) is 4.18. The van der Waals surface area contributed by atoms with Gasteiger partial charge >= 0.3 is 5.97 Å². The Morgan fingerprint density at radius 1 is 0.935 bits per heavy atom. The molecule has 1 aliphatic carbocycles. The first kappa shape index (κ1) is 26.2. The Kier molecular flexibility index (Phi) is 12.7. The molecule has 31 heavy (non-hydrogen) atoms. The first-order valence-electron chi connectivity index (χ1n) is 11.3. The molecule has 0 amide bonds. The van der Waals surface area contributed by atoms with E-state index in [-0.39, 0.29) is 12.4 Å². The monoisotopic (exact) mass is 423 g/mol. The Morgan fingerprint density at radius 2 is 1.55 bits per heavy atom. The molecule has 4 nitrogen and oxygen atoms in total. The molecule has 4 heteroatoms. The van der Waals surface area contributed by atoms with E-state index in [0.29, 0.717) is 6.61 Å². The average Bonchev–Trinajstić information content (AvgIpc) is 3.70. The minimum atomic E-state index is -0.248. The highest BCUT2D eigenvalue weighted by molar-refractivity contribution is 5.82. The molecular formula is C27H37NO3. The summed E-state index contributed by atoms with van der Waals surface area (Å²) in [5, 5.41) is 1.10. The Labute approximate surface area is 187 Å². The normalized spacial score (nSPS) is 10.9. The third kappa shape index (κ3) is 9.65. The molecule has 1 saturated carbocycles. The lowest BCUT2D eigenvalue weighted by Crippen LogP contribution is -2.04. The lowest BCUT2D eigenvalue weighted by atomic mass is 10.1. The number of carbonyl (C=O) groups excluding carboxylic acids is 1. The molecule has 2 aromatic carbocycles.